The molecule has 0 aromatic heterocycles. The number of hydrogen-bond donors (Lipinski definition) is 5. The van der Waals surface area contributed by atoms with Crippen molar-refractivity contribution < 1.29 is 19.1 Å². The minimum atomic E-state index is -0.418. The second-order valence-electron chi connectivity index (χ2n) is 10.2. The smallest absolute Gasteiger partial charge is 0.311 e. The molecule has 0 aliphatic rings. The Labute approximate surface area is 210 Å². The van der Waals surface area contributed by atoms with Crippen LogP contribution >= 0.6 is 0 Å². The van der Waals surface area contributed by atoms with Crippen molar-refractivity contribution in [2.45, 2.75) is 116 Å². The van der Waals surface area contributed by atoms with Gasteiger partial charge in [0.05, 0.1) is 17.1 Å². The molecule has 0 saturated heterocycles. The molecule has 9 heteroatoms. The van der Waals surface area contributed by atoms with E-state index < -0.39 is 11.6 Å². The largest absolute Gasteiger partial charge is 0.460 e. The maximum absolute atomic E-state index is 12.1. The quantitative estimate of drug-likeness (QED) is 0.0881. The number of esters is 2. The Balaban J connectivity index is 2.01. The Morgan fingerprint density at radius 1 is 0.543 bits per heavy atom. The molecular formula is C26H47N5O4. The van der Waals surface area contributed by atoms with E-state index in [1.54, 1.807) is 0 Å². The molecule has 0 radical (unpaired) electrons. The number of carbonyl (C=O) groups excluding carboxylic acids is 2. The fraction of sp³-hybridized carbons (Fsp3) is 0.692. The van der Waals surface area contributed by atoms with Gasteiger partial charge in [0.1, 0.15) is 17.0 Å². The van der Waals surface area contributed by atoms with E-state index >= 15 is 0 Å². The zero-order valence-corrected chi connectivity index (χ0v) is 21.9. The van der Waals surface area contributed by atoms with Gasteiger partial charge in [-0.2, -0.15) is 0 Å². The Bertz CT molecular complexity index is 792. The van der Waals surface area contributed by atoms with Gasteiger partial charge in [-0.25, -0.2) is 0 Å². The SMILES string of the molecule is CC(C)(C)OC(=O)CCCCCCCCCCCCCCC(=O)Oc1c(N)c(N)c(N)c(N)c1N. The van der Waals surface area contributed by atoms with Gasteiger partial charge in [0, 0.05) is 12.8 Å². The Morgan fingerprint density at radius 3 is 1.23 bits per heavy atom. The average Bonchev–Trinajstić information content (AvgIpc) is 2.78. The van der Waals surface area contributed by atoms with Crippen molar-refractivity contribution in [3.8, 4) is 5.75 Å². The molecule has 0 bridgehead atoms. The maximum Gasteiger partial charge on any atom is 0.311 e. The van der Waals surface area contributed by atoms with E-state index in [1.807, 2.05) is 20.8 Å². The van der Waals surface area contributed by atoms with Crippen LogP contribution in [-0.4, -0.2) is 17.5 Å². The molecule has 1 aromatic rings. The zero-order valence-electron chi connectivity index (χ0n) is 21.9. The molecule has 0 fully saturated rings. The lowest BCUT2D eigenvalue weighted by molar-refractivity contribution is -0.155. The summed E-state index contributed by atoms with van der Waals surface area (Å²) in [7, 11) is 0. The van der Waals surface area contributed by atoms with Crippen molar-refractivity contribution in [1.29, 1.82) is 0 Å². The van der Waals surface area contributed by atoms with Gasteiger partial charge in [0.25, 0.3) is 0 Å². The van der Waals surface area contributed by atoms with E-state index in [9.17, 15) is 9.59 Å². The predicted octanol–water partition coefficient (Wildman–Crippen LogP) is 5.31. The Morgan fingerprint density at radius 2 is 0.857 bits per heavy atom. The van der Waals surface area contributed by atoms with Crippen LogP contribution in [0.4, 0.5) is 28.4 Å². The van der Waals surface area contributed by atoms with Crippen LogP contribution in [0.25, 0.3) is 0 Å². The second kappa shape index (κ2) is 15.2. The lowest BCUT2D eigenvalue weighted by Crippen LogP contribution is -2.23. The maximum atomic E-state index is 12.1. The summed E-state index contributed by atoms with van der Waals surface area (Å²) < 4.78 is 10.6. The number of hydrogen-bond acceptors (Lipinski definition) is 9. The van der Waals surface area contributed by atoms with Crippen LogP contribution in [0.2, 0.25) is 0 Å². The number of nitrogens with two attached hydrogens (primary N) is 5. The first kappa shape index (κ1) is 30.2. The molecule has 0 saturated carbocycles. The Kier molecular flexibility index (Phi) is 13.1. The fourth-order valence-corrected chi connectivity index (χ4v) is 3.80. The van der Waals surface area contributed by atoms with Crippen molar-refractivity contribution in [3.63, 3.8) is 0 Å². The molecule has 0 atom stereocenters. The van der Waals surface area contributed by atoms with E-state index in [0.717, 1.165) is 38.5 Å². The monoisotopic (exact) mass is 493 g/mol. The summed E-state index contributed by atoms with van der Waals surface area (Å²) in [5.74, 6) is -0.527. The molecule has 200 valence electrons. The molecule has 1 rings (SSSR count). The van der Waals surface area contributed by atoms with Gasteiger partial charge >= 0.3 is 11.9 Å². The first-order chi connectivity index (χ1) is 16.4. The lowest BCUT2D eigenvalue weighted by Gasteiger charge is -2.19. The number of unbranched alkanes of at least 4 members (excludes halogenated alkanes) is 11. The van der Waals surface area contributed by atoms with Crippen molar-refractivity contribution in [3.05, 3.63) is 0 Å². The first-order valence-corrected chi connectivity index (χ1v) is 12.9. The van der Waals surface area contributed by atoms with E-state index in [1.165, 1.54) is 38.5 Å². The van der Waals surface area contributed by atoms with Crippen molar-refractivity contribution in [1.82, 2.24) is 0 Å². The van der Waals surface area contributed by atoms with Gasteiger partial charge in [0.2, 0.25) is 0 Å². The molecule has 0 amide bonds. The third-order valence-corrected chi connectivity index (χ3v) is 5.80. The third kappa shape index (κ3) is 11.9. The number of rotatable bonds is 16. The Hall–Kier alpha value is -2.84. The van der Waals surface area contributed by atoms with Crippen molar-refractivity contribution in [2.75, 3.05) is 28.7 Å². The fourth-order valence-electron chi connectivity index (χ4n) is 3.80. The lowest BCUT2D eigenvalue weighted by atomic mass is 10.0. The number of ether oxygens (including phenoxy) is 2. The molecule has 0 spiro atoms. The van der Waals surface area contributed by atoms with E-state index in [2.05, 4.69) is 0 Å². The topological polar surface area (TPSA) is 183 Å². The van der Waals surface area contributed by atoms with Gasteiger partial charge < -0.3 is 38.1 Å². The predicted molar refractivity (Wildman–Crippen MR) is 145 cm³/mol. The molecule has 9 nitrogen and oxygen atoms in total. The van der Waals surface area contributed by atoms with Gasteiger partial charge in [-0.3, -0.25) is 9.59 Å². The summed E-state index contributed by atoms with van der Waals surface area (Å²) in [5.41, 5.74) is 28.9. The van der Waals surface area contributed by atoms with Gasteiger partial charge in [-0.1, -0.05) is 64.2 Å². The third-order valence-electron chi connectivity index (χ3n) is 5.80. The van der Waals surface area contributed by atoms with Crippen LogP contribution in [0.15, 0.2) is 0 Å². The molecular weight excluding hydrogens is 446 g/mol. The first-order valence-electron chi connectivity index (χ1n) is 12.9. The number of carbonyl (C=O) groups is 2. The van der Waals surface area contributed by atoms with E-state index in [-0.39, 0.29) is 46.6 Å². The summed E-state index contributed by atoms with van der Waals surface area (Å²) in [5, 5.41) is 0. The standard InChI is InChI=1S/C26H47N5O4/c1-26(2,3)35-19(33)17-15-13-11-9-7-5-4-6-8-10-12-14-16-18(32)34-25-23(30)21(28)20(27)22(29)24(25)31/h4-17,27-31H2,1-3H3. The van der Waals surface area contributed by atoms with Gasteiger partial charge in [0.15, 0.2) is 5.75 Å². The zero-order chi connectivity index (χ0) is 26.4. The summed E-state index contributed by atoms with van der Waals surface area (Å²) in [6.45, 7) is 5.69. The molecule has 35 heavy (non-hydrogen) atoms. The highest BCUT2D eigenvalue weighted by Crippen LogP contribution is 2.44. The minimum absolute atomic E-state index is 0.0118. The highest BCUT2D eigenvalue weighted by molar-refractivity contribution is 5.99. The molecule has 0 aliphatic heterocycles. The van der Waals surface area contributed by atoms with Crippen LogP contribution in [0, 0.1) is 0 Å². The van der Waals surface area contributed by atoms with Gasteiger partial charge in [-0.15, -0.1) is 0 Å². The number of anilines is 5. The molecule has 0 aliphatic carbocycles. The van der Waals surface area contributed by atoms with Crippen molar-refractivity contribution >= 4 is 40.4 Å². The highest BCUT2D eigenvalue weighted by Gasteiger charge is 2.19. The van der Waals surface area contributed by atoms with Crippen LogP contribution in [0.5, 0.6) is 5.75 Å². The van der Waals surface area contributed by atoms with Crippen molar-refractivity contribution in [2.24, 2.45) is 0 Å². The minimum Gasteiger partial charge on any atom is -0.460 e. The molecule has 1 aromatic carbocycles. The van der Waals surface area contributed by atoms with Crippen LogP contribution < -0.4 is 33.4 Å². The second-order valence-corrected chi connectivity index (χ2v) is 10.2. The highest BCUT2D eigenvalue weighted by atomic mass is 16.6. The van der Waals surface area contributed by atoms with E-state index in [0.29, 0.717) is 6.42 Å². The summed E-state index contributed by atoms with van der Waals surface area (Å²) in [6, 6.07) is 0. The van der Waals surface area contributed by atoms with Crippen LogP contribution in [0.3, 0.4) is 0 Å². The summed E-state index contributed by atoms with van der Waals surface area (Å²) in [4.78, 5) is 23.8. The van der Waals surface area contributed by atoms with Gasteiger partial charge in [-0.05, 0) is 33.6 Å². The van der Waals surface area contributed by atoms with Crippen LogP contribution in [-0.2, 0) is 14.3 Å². The molecule has 0 unspecified atom stereocenters. The molecule has 10 N–H and O–H groups in total. The molecule has 0 heterocycles. The summed E-state index contributed by atoms with van der Waals surface area (Å²) >= 11 is 0. The normalized spacial score (nSPS) is 11.4. The van der Waals surface area contributed by atoms with E-state index in [4.69, 9.17) is 38.1 Å². The summed E-state index contributed by atoms with van der Waals surface area (Å²) in [6.07, 6.45) is 14.1. The van der Waals surface area contributed by atoms with Crippen LogP contribution in [0.1, 0.15) is 111 Å². The average molecular weight is 494 g/mol. The number of nitrogen functional groups attached to an aromatic ring is 5. The number of benzene rings is 1.